The van der Waals surface area contributed by atoms with E-state index in [0.29, 0.717) is 5.75 Å². The molecule has 1 aromatic heterocycles. The fourth-order valence-corrected chi connectivity index (χ4v) is 1.17. The summed E-state index contributed by atoms with van der Waals surface area (Å²) in [6, 6.07) is 2.32. The number of aromatic nitrogens is 1. The van der Waals surface area contributed by atoms with Crippen LogP contribution in [0.2, 0.25) is 0 Å². The normalized spacial score (nSPS) is 11.1. The minimum atomic E-state index is -1.21. The van der Waals surface area contributed by atoms with Gasteiger partial charge in [-0.15, -0.1) is 0 Å². The Morgan fingerprint density at radius 2 is 2.00 bits per heavy atom. The van der Waals surface area contributed by atoms with Crippen molar-refractivity contribution in [2.45, 2.75) is 32.7 Å². The Morgan fingerprint density at radius 1 is 1.42 bits per heavy atom. The van der Waals surface area contributed by atoms with Gasteiger partial charge in [-0.3, -0.25) is 14.6 Å². The second-order valence-electron chi connectivity index (χ2n) is 3.89. The lowest BCUT2D eigenvalue weighted by Crippen LogP contribution is -2.34. The fraction of sp³-hybridized carbons (Fsp3) is 0.417. The molecule has 0 unspecified atom stereocenters. The first-order chi connectivity index (χ1) is 8.77. The van der Waals surface area contributed by atoms with E-state index in [1.54, 1.807) is 12.1 Å². The first-order valence-electron chi connectivity index (χ1n) is 5.70. The molecule has 19 heavy (non-hydrogen) atoms. The van der Waals surface area contributed by atoms with Crippen LogP contribution in [0.1, 0.15) is 24.7 Å². The highest BCUT2D eigenvalue weighted by Crippen LogP contribution is 2.14. The minimum Gasteiger partial charge on any atom is -0.506 e. The van der Waals surface area contributed by atoms with Crippen LogP contribution in [0, 0.1) is 6.92 Å². The van der Waals surface area contributed by atoms with Crippen LogP contribution in [-0.2, 0) is 16.0 Å². The molecule has 0 spiro atoms. The number of aromatic hydroxyl groups is 1. The predicted octanol–water partition coefficient (Wildman–Crippen LogP) is -0.0683. The molecule has 0 aliphatic carbocycles. The zero-order valence-corrected chi connectivity index (χ0v) is 11.0. The molecule has 0 bridgehead atoms. The van der Waals surface area contributed by atoms with Crippen molar-refractivity contribution in [1.82, 2.24) is 4.98 Å². The van der Waals surface area contributed by atoms with E-state index < -0.39 is 17.9 Å². The third kappa shape index (κ3) is 6.99. The Labute approximate surface area is 111 Å². The molecule has 0 aliphatic rings. The van der Waals surface area contributed by atoms with E-state index in [0.717, 1.165) is 17.8 Å². The number of aryl methyl sites for hydroxylation is 2. The molecule has 1 amide bonds. The molecule has 1 aromatic rings. The van der Waals surface area contributed by atoms with E-state index in [1.165, 1.54) is 0 Å². The number of carboxylic acids is 1. The van der Waals surface area contributed by atoms with Crippen LogP contribution in [0.3, 0.4) is 0 Å². The van der Waals surface area contributed by atoms with Crippen molar-refractivity contribution in [2.75, 3.05) is 0 Å². The molecular formula is C12H19N3O4. The molecule has 106 valence electrons. The largest absolute Gasteiger partial charge is 0.506 e. The van der Waals surface area contributed by atoms with E-state index >= 15 is 0 Å². The second-order valence-corrected chi connectivity index (χ2v) is 3.89. The van der Waals surface area contributed by atoms with Crippen molar-refractivity contribution in [3.63, 3.8) is 0 Å². The lowest BCUT2D eigenvalue weighted by Gasteiger charge is -1.99. The minimum absolute atomic E-state index is 0.299. The third-order valence-electron chi connectivity index (χ3n) is 2.16. The summed E-state index contributed by atoms with van der Waals surface area (Å²) in [5.74, 6) is -1.62. The molecule has 0 radical (unpaired) electrons. The van der Waals surface area contributed by atoms with Gasteiger partial charge < -0.3 is 21.7 Å². The van der Waals surface area contributed by atoms with Gasteiger partial charge in [-0.2, -0.15) is 0 Å². The van der Waals surface area contributed by atoms with Gasteiger partial charge in [0.1, 0.15) is 11.8 Å². The first kappa shape index (κ1) is 16.9. The zero-order valence-electron chi connectivity index (χ0n) is 11.0. The molecule has 0 saturated heterocycles. The molecule has 7 heteroatoms. The Balaban J connectivity index is 0.000000344. The lowest BCUT2D eigenvalue weighted by atomic mass is 10.2. The molecule has 1 atom stereocenters. The van der Waals surface area contributed by atoms with Gasteiger partial charge >= 0.3 is 5.97 Å². The Bertz CT molecular complexity index is 449. The molecule has 0 fully saturated rings. The number of hydrogen-bond acceptors (Lipinski definition) is 5. The number of carbonyl (C=O) groups is 2. The number of pyridine rings is 1. The predicted molar refractivity (Wildman–Crippen MR) is 69.4 cm³/mol. The summed E-state index contributed by atoms with van der Waals surface area (Å²) >= 11 is 0. The van der Waals surface area contributed by atoms with Crippen LogP contribution in [0.15, 0.2) is 12.1 Å². The fourth-order valence-electron chi connectivity index (χ4n) is 1.17. The molecular weight excluding hydrogens is 250 g/mol. The maximum atomic E-state index is 9.99. The topological polar surface area (TPSA) is 140 Å². The van der Waals surface area contributed by atoms with Crippen LogP contribution in [0.25, 0.3) is 0 Å². The molecule has 1 rings (SSSR count). The van der Waals surface area contributed by atoms with Gasteiger partial charge in [0.15, 0.2) is 0 Å². The highest BCUT2D eigenvalue weighted by Gasteiger charge is 2.13. The number of primary amides is 1. The van der Waals surface area contributed by atoms with Gasteiger partial charge in [-0.1, -0.05) is 6.92 Å². The molecule has 6 N–H and O–H groups in total. The highest BCUT2D eigenvalue weighted by atomic mass is 16.4. The van der Waals surface area contributed by atoms with Crippen LogP contribution in [-0.4, -0.2) is 33.1 Å². The van der Waals surface area contributed by atoms with Crippen molar-refractivity contribution in [3.05, 3.63) is 23.5 Å². The van der Waals surface area contributed by atoms with Crippen molar-refractivity contribution < 1.29 is 19.8 Å². The van der Waals surface area contributed by atoms with Crippen LogP contribution in [0.4, 0.5) is 0 Å². The highest BCUT2D eigenvalue weighted by molar-refractivity contribution is 5.83. The molecule has 0 aromatic carbocycles. The maximum Gasteiger partial charge on any atom is 0.321 e. The number of aliphatic carboxylic acids is 1. The number of carboxylic acid groups (broad SMARTS) is 1. The van der Waals surface area contributed by atoms with Crippen LogP contribution < -0.4 is 11.5 Å². The smallest absolute Gasteiger partial charge is 0.321 e. The van der Waals surface area contributed by atoms with Crippen molar-refractivity contribution in [2.24, 2.45) is 11.5 Å². The van der Waals surface area contributed by atoms with E-state index in [4.69, 9.17) is 10.8 Å². The van der Waals surface area contributed by atoms with Crippen molar-refractivity contribution >= 4 is 11.9 Å². The quantitative estimate of drug-likeness (QED) is 0.603. The summed E-state index contributed by atoms with van der Waals surface area (Å²) in [5, 5.41) is 17.3. The van der Waals surface area contributed by atoms with Gasteiger partial charge in [0, 0.05) is 5.69 Å². The Morgan fingerprint density at radius 3 is 2.32 bits per heavy atom. The van der Waals surface area contributed by atoms with Gasteiger partial charge in [0.25, 0.3) is 0 Å². The molecule has 7 nitrogen and oxygen atoms in total. The lowest BCUT2D eigenvalue weighted by molar-refractivity contribution is -0.140. The zero-order chi connectivity index (χ0) is 15.0. The van der Waals surface area contributed by atoms with Crippen molar-refractivity contribution in [3.8, 4) is 5.75 Å². The number of rotatable bonds is 4. The standard InChI is InChI=1S/C8H11NO.C4H8N2O3/c1-3-7-8(10)5-4-6(2)9-7;5-2(4(8)9)1-3(6)7/h4-5,10H,3H2,1-2H3;2H,1,5H2,(H2,6,7)(H,8,9)/t;2-/m.0/s1. The van der Waals surface area contributed by atoms with Gasteiger partial charge in [0.05, 0.1) is 12.1 Å². The number of nitrogens with zero attached hydrogens (tertiary/aromatic N) is 1. The van der Waals surface area contributed by atoms with Gasteiger partial charge in [-0.25, -0.2) is 0 Å². The molecule has 0 aliphatic heterocycles. The summed E-state index contributed by atoms with van der Waals surface area (Å²) in [7, 11) is 0. The van der Waals surface area contributed by atoms with Crippen LogP contribution >= 0.6 is 0 Å². The molecule has 1 heterocycles. The van der Waals surface area contributed by atoms with E-state index in [-0.39, 0.29) is 6.42 Å². The van der Waals surface area contributed by atoms with E-state index in [2.05, 4.69) is 10.7 Å². The van der Waals surface area contributed by atoms with Crippen molar-refractivity contribution in [1.29, 1.82) is 0 Å². The average molecular weight is 269 g/mol. The van der Waals surface area contributed by atoms with Crippen LogP contribution in [0.5, 0.6) is 5.75 Å². The number of hydrogen-bond donors (Lipinski definition) is 4. The Kier molecular flexibility index (Phi) is 7.13. The number of nitrogens with two attached hydrogens (primary N) is 2. The van der Waals surface area contributed by atoms with Gasteiger partial charge in [-0.05, 0) is 25.5 Å². The summed E-state index contributed by atoms with van der Waals surface area (Å²) in [6.45, 7) is 3.89. The molecule has 0 saturated carbocycles. The Hall–Kier alpha value is -2.15. The van der Waals surface area contributed by atoms with Gasteiger partial charge in [0.2, 0.25) is 5.91 Å². The summed E-state index contributed by atoms with van der Waals surface area (Å²) < 4.78 is 0. The summed E-state index contributed by atoms with van der Waals surface area (Å²) in [5.41, 5.74) is 11.3. The summed E-state index contributed by atoms with van der Waals surface area (Å²) in [6.07, 6.45) is 0.475. The van der Waals surface area contributed by atoms with E-state index in [9.17, 15) is 14.7 Å². The maximum absolute atomic E-state index is 9.99. The number of amides is 1. The third-order valence-corrected chi connectivity index (χ3v) is 2.16. The average Bonchev–Trinajstić information content (AvgIpc) is 2.32. The number of carbonyl (C=O) groups excluding carboxylic acids is 1. The monoisotopic (exact) mass is 269 g/mol. The van der Waals surface area contributed by atoms with E-state index in [1.807, 2.05) is 13.8 Å². The SMILES string of the molecule is CCc1nc(C)ccc1O.NC(=O)C[C@H](N)C(=O)O. The second kappa shape index (κ2) is 8.04. The summed E-state index contributed by atoms with van der Waals surface area (Å²) in [4.78, 5) is 24.0. The first-order valence-corrected chi connectivity index (χ1v) is 5.70.